The molecule has 0 bridgehead atoms. The third kappa shape index (κ3) is 4.26. The first kappa shape index (κ1) is 25.9. The summed E-state index contributed by atoms with van der Waals surface area (Å²) < 4.78 is 20.1. The van der Waals surface area contributed by atoms with Crippen LogP contribution in [0.1, 0.15) is 42.5 Å². The van der Waals surface area contributed by atoms with Crippen molar-refractivity contribution in [1.82, 2.24) is 9.55 Å². The van der Waals surface area contributed by atoms with Gasteiger partial charge in [0, 0.05) is 16.5 Å². The number of carbonyl (C=O) groups is 1. The number of rotatable bonds is 6. The van der Waals surface area contributed by atoms with E-state index in [1.54, 1.807) is 4.57 Å². The Morgan fingerprint density at radius 1 is 1.03 bits per heavy atom. The zero-order valence-corrected chi connectivity index (χ0v) is 25.1. The molecular formula is C28H36N2O5Si2. The van der Waals surface area contributed by atoms with Crippen LogP contribution in [0.15, 0.2) is 29.1 Å². The second kappa shape index (κ2) is 8.64. The number of aryl methyl sites for hydroxylation is 1. The maximum absolute atomic E-state index is 13.8. The predicted molar refractivity (Wildman–Crippen MR) is 150 cm³/mol. The molecule has 1 aromatic carbocycles. The van der Waals surface area contributed by atoms with E-state index in [9.17, 15) is 9.59 Å². The van der Waals surface area contributed by atoms with E-state index < -0.39 is 28.2 Å². The van der Waals surface area contributed by atoms with Gasteiger partial charge in [-0.25, -0.2) is 9.78 Å². The molecule has 2 aromatic heterocycles. The molecule has 0 N–H and O–H groups in total. The zero-order chi connectivity index (χ0) is 26.9. The van der Waals surface area contributed by atoms with Crippen molar-refractivity contribution in [3.8, 4) is 17.1 Å². The van der Waals surface area contributed by atoms with Crippen LogP contribution >= 0.6 is 0 Å². The largest absolute Gasteiger partial charge is 0.544 e. The summed E-state index contributed by atoms with van der Waals surface area (Å²) in [4.78, 5) is 32.1. The van der Waals surface area contributed by atoms with E-state index >= 15 is 0 Å². The summed E-state index contributed by atoms with van der Waals surface area (Å²) in [5.74, 6) is 0.446. The number of fused-ring (bicyclic) bond motifs is 5. The minimum absolute atomic E-state index is 0.0339. The molecule has 2 aliphatic heterocycles. The number of cyclic esters (lactones) is 1. The van der Waals surface area contributed by atoms with Gasteiger partial charge in [0.1, 0.15) is 12.4 Å². The molecule has 9 heteroatoms. The lowest BCUT2D eigenvalue weighted by molar-refractivity contribution is -0.169. The lowest BCUT2D eigenvalue weighted by atomic mass is 9.86. The summed E-state index contributed by atoms with van der Waals surface area (Å²) in [7, 11) is -3.93. The molecular weight excluding hydrogens is 500 g/mol. The van der Waals surface area contributed by atoms with Gasteiger partial charge < -0.3 is 18.2 Å². The van der Waals surface area contributed by atoms with Crippen molar-refractivity contribution in [2.24, 2.45) is 0 Å². The molecule has 0 spiro atoms. The normalized spacial score (nSPS) is 18.9. The smallest absolute Gasteiger partial charge is 0.342 e. The minimum atomic E-state index is -2.17. The molecule has 0 amide bonds. The van der Waals surface area contributed by atoms with E-state index in [-0.39, 0.29) is 12.2 Å². The summed E-state index contributed by atoms with van der Waals surface area (Å²) in [5, 5.41) is 1.06. The maximum Gasteiger partial charge on any atom is 0.342 e. The van der Waals surface area contributed by atoms with Gasteiger partial charge in [-0.15, -0.1) is 0 Å². The number of benzene rings is 1. The third-order valence-electron chi connectivity index (χ3n) is 7.00. The van der Waals surface area contributed by atoms with E-state index in [0.717, 1.165) is 40.0 Å². The Labute approximate surface area is 220 Å². The van der Waals surface area contributed by atoms with E-state index in [2.05, 4.69) is 32.6 Å². The molecule has 3 aromatic rings. The van der Waals surface area contributed by atoms with Gasteiger partial charge in [-0.2, -0.15) is 0 Å². The number of hydrogen-bond donors (Lipinski definition) is 0. The summed E-state index contributed by atoms with van der Waals surface area (Å²) in [6.07, 6.45) is 1.20. The van der Waals surface area contributed by atoms with Gasteiger partial charge in [0.25, 0.3) is 5.56 Å². The van der Waals surface area contributed by atoms with Crippen LogP contribution in [0.2, 0.25) is 39.3 Å². The summed E-state index contributed by atoms with van der Waals surface area (Å²) >= 11 is 0. The van der Waals surface area contributed by atoms with Crippen molar-refractivity contribution in [3.63, 3.8) is 0 Å². The fraction of sp³-hybridized carbons (Fsp3) is 0.464. The van der Waals surface area contributed by atoms with E-state index in [0.29, 0.717) is 24.1 Å². The molecule has 5 rings (SSSR count). The van der Waals surface area contributed by atoms with Gasteiger partial charge >= 0.3 is 5.97 Å². The molecule has 0 fully saturated rings. The zero-order valence-electron chi connectivity index (χ0n) is 23.1. The number of nitrogens with zero attached hydrogens (tertiary/aromatic N) is 2. The SMILES string of the molecule is CCc1c2c(nc3ccc(O[Si](C)(C)C)cc13)-c1cc3c(c(=O)n1C2)COC(=O)[C@@]3(CC)O[Si](C)(C)C. The van der Waals surface area contributed by atoms with Crippen LogP contribution in [-0.2, 0) is 39.1 Å². The Balaban J connectivity index is 1.74. The molecule has 37 heavy (non-hydrogen) atoms. The van der Waals surface area contributed by atoms with Crippen LogP contribution in [0.4, 0.5) is 0 Å². The Morgan fingerprint density at radius 3 is 2.38 bits per heavy atom. The molecule has 4 heterocycles. The van der Waals surface area contributed by atoms with E-state index in [1.807, 2.05) is 44.8 Å². The summed E-state index contributed by atoms with van der Waals surface area (Å²) in [6, 6.07) is 8.04. The van der Waals surface area contributed by atoms with Gasteiger partial charge in [-0.05, 0) is 82.0 Å². The van der Waals surface area contributed by atoms with E-state index in [1.165, 1.54) is 5.56 Å². The van der Waals surface area contributed by atoms with Crippen LogP contribution in [0.25, 0.3) is 22.3 Å². The highest BCUT2D eigenvalue weighted by atomic mass is 28.4. The van der Waals surface area contributed by atoms with Gasteiger partial charge in [-0.3, -0.25) is 4.79 Å². The first-order valence-corrected chi connectivity index (χ1v) is 19.9. The first-order chi connectivity index (χ1) is 17.3. The molecule has 0 unspecified atom stereocenters. The second-order valence-corrected chi connectivity index (χ2v) is 20.8. The maximum atomic E-state index is 13.8. The predicted octanol–water partition coefficient (Wildman–Crippen LogP) is 5.71. The average Bonchev–Trinajstić information content (AvgIpc) is 3.16. The third-order valence-corrected chi connectivity index (χ3v) is 8.81. The lowest BCUT2D eigenvalue weighted by Gasteiger charge is -2.40. The van der Waals surface area contributed by atoms with Crippen LogP contribution in [0.3, 0.4) is 0 Å². The van der Waals surface area contributed by atoms with Crippen molar-refractivity contribution < 1.29 is 18.4 Å². The standard InChI is InChI=1S/C28H36N2O5Si2/c1-9-18-19-13-17(34-36(3,4)5)11-12-23(19)29-25-20(18)15-30-24(25)14-22-21(26(30)31)16-33-27(32)28(22,10-2)35-37(6,7)8/h11-14H,9-10,15-16H2,1-8H3/t28-/m0/s1. The monoisotopic (exact) mass is 536 g/mol. The Kier molecular flexibility index (Phi) is 6.04. The number of esters is 1. The summed E-state index contributed by atoms with van der Waals surface area (Å²) in [6.45, 7) is 17.1. The molecule has 0 saturated carbocycles. The Hall–Kier alpha value is -2.76. The first-order valence-electron chi connectivity index (χ1n) is 13.1. The van der Waals surface area contributed by atoms with Gasteiger partial charge in [0.05, 0.1) is 29.0 Å². The molecule has 0 saturated heterocycles. The molecule has 196 valence electrons. The van der Waals surface area contributed by atoms with Crippen LogP contribution in [0.5, 0.6) is 5.75 Å². The number of pyridine rings is 2. The van der Waals surface area contributed by atoms with Gasteiger partial charge in [-0.1, -0.05) is 13.8 Å². The fourth-order valence-corrected chi connectivity index (χ4v) is 7.86. The summed E-state index contributed by atoms with van der Waals surface area (Å²) in [5.41, 5.74) is 4.38. The topological polar surface area (TPSA) is 79.6 Å². The van der Waals surface area contributed by atoms with Crippen molar-refractivity contribution >= 4 is 33.5 Å². The van der Waals surface area contributed by atoms with Gasteiger partial charge in [0.2, 0.25) is 8.32 Å². The van der Waals surface area contributed by atoms with E-state index in [4.69, 9.17) is 18.6 Å². The van der Waals surface area contributed by atoms with Crippen molar-refractivity contribution in [3.05, 3.63) is 56.9 Å². The van der Waals surface area contributed by atoms with Gasteiger partial charge in [0.15, 0.2) is 13.9 Å². The average molecular weight is 537 g/mol. The van der Waals surface area contributed by atoms with Crippen molar-refractivity contribution in [1.29, 1.82) is 0 Å². The quantitative estimate of drug-likeness (QED) is 0.232. The fourth-order valence-electron chi connectivity index (χ4n) is 5.64. The number of ether oxygens (including phenoxy) is 1. The highest BCUT2D eigenvalue weighted by molar-refractivity contribution is 6.70. The molecule has 1 atom stereocenters. The van der Waals surface area contributed by atoms with Crippen molar-refractivity contribution in [2.75, 3.05) is 0 Å². The second-order valence-electron chi connectivity index (χ2n) is 11.9. The molecule has 7 nitrogen and oxygen atoms in total. The lowest BCUT2D eigenvalue weighted by Crippen LogP contribution is -2.51. The number of aromatic nitrogens is 2. The van der Waals surface area contributed by atoms with Crippen LogP contribution in [-0.4, -0.2) is 32.2 Å². The van der Waals surface area contributed by atoms with Crippen LogP contribution < -0.4 is 9.99 Å². The van der Waals surface area contributed by atoms with Crippen molar-refractivity contribution in [2.45, 2.75) is 84.7 Å². The highest BCUT2D eigenvalue weighted by Crippen LogP contribution is 2.43. The van der Waals surface area contributed by atoms with Crippen LogP contribution in [0, 0.1) is 0 Å². The number of hydrogen-bond acceptors (Lipinski definition) is 6. The molecule has 0 radical (unpaired) electrons. The molecule has 0 aliphatic carbocycles. The minimum Gasteiger partial charge on any atom is -0.544 e. The Bertz CT molecular complexity index is 1500. The number of carbonyl (C=O) groups excluding carboxylic acids is 1. The highest BCUT2D eigenvalue weighted by Gasteiger charge is 2.50. The molecule has 2 aliphatic rings. The Morgan fingerprint density at radius 2 is 1.76 bits per heavy atom.